The number of aromatic nitrogens is 2. The molecule has 0 aliphatic rings. The molecule has 0 aliphatic heterocycles. The maximum absolute atomic E-state index is 12.2. The molecule has 0 saturated carbocycles. The number of nitrogens with zero attached hydrogens (tertiary/aromatic N) is 1. The van der Waals surface area contributed by atoms with Crippen molar-refractivity contribution in [3.8, 4) is 0 Å². The molecule has 2 N–H and O–H groups in total. The van der Waals surface area contributed by atoms with Crippen LogP contribution in [0.25, 0.3) is 11.0 Å². The van der Waals surface area contributed by atoms with Gasteiger partial charge in [-0.3, -0.25) is 4.79 Å². The van der Waals surface area contributed by atoms with Crippen LogP contribution < -0.4 is 5.32 Å². The number of pyridine rings is 1. The average molecular weight is 279 g/mol. The van der Waals surface area contributed by atoms with Crippen molar-refractivity contribution in [1.82, 2.24) is 15.3 Å². The van der Waals surface area contributed by atoms with Crippen LogP contribution in [0, 0.1) is 0 Å². The molecule has 2 aromatic heterocycles. The molecular weight excluding hydrogens is 262 g/mol. The zero-order valence-electron chi connectivity index (χ0n) is 11.8. The summed E-state index contributed by atoms with van der Waals surface area (Å²) in [5.74, 6) is 0.0103. The molecule has 4 nitrogen and oxygen atoms in total. The minimum absolute atomic E-state index is 0.00188. The second-order valence-electron chi connectivity index (χ2n) is 5.09. The first-order valence-corrected chi connectivity index (χ1v) is 6.99. The molecule has 0 spiro atoms. The van der Waals surface area contributed by atoms with Gasteiger partial charge in [0, 0.05) is 17.8 Å². The number of carbonyl (C=O) groups is 1. The Balaban J connectivity index is 1.69. The number of amides is 1. The number of H-pyrrole nitrogens is 1. The Morgan fingerprint density at radius 1 is 1.24 bits per heavy atom. The summed E-state index contributed by atoms with van der Waals surface area (Å²) >= 11 is 0. The van der Waals surface area contributed by atoms with E-state index in [2.05, 4.69) is 15.3 Å². The zero-order valence-corrected chi connectivity index (χ0v) is 11.8. The summed E-state index contributed by atoms with van der Waals surface area (Å²) in [6.45, 7) is 1.99. The molecule has 3 aromatic rings. The number of hydrogen-bond donors (Lipinski definition) is 2. The average Bonchev–Trinajstić information content (AvgIpc) is 2.91. The predicted molar refractivity (Wildman–Crippen MR) is 82.8 cm³/mol. The molecule has 2 heterocycles. The molecule has 106 valence electrons. The molecule has 0 aliphatic carbocycles. The molecule has 0 radical (unpaired) electrons. The molecule has 0 unspecified atom stereocenters. The van der Waals surface area contributed by atoms with Crippen LogP contribution in [0.2, 0.25) is 0 Å². The Morgan fingerprint density at radius 2 is 2.05 bits per heavy atom. The lowest BCUT2D eigenvalue weighted by Gasteiger charge is -2.14. The van der Waals surface area contributed by atoms with E-state index in [1.54, 1.807) is 6.20 Å². The van der Waals surface area contributed by atoms with E-state index in [-0.39, 0.29) is 11.9 Å². The third-order valence-electron chi connectivity index (χ3n) is 3.56. The van der Waals surface area contributed by atoms with Crippen molar-refractivity contribution in [2.45, 2.75) is 19.4 Å². The van der Waals surface area contributed by atoms with Crippen molar-refractivity contribution < 1.29 is 4.79 Å². The highest BCUT2D eigenvalue weighted by molar-refractivity contribution is 5.87. The van der Waals surface area contributed by atoms with Gasteiger partial charge < -0.3 is 10.3 Å². The number of hydrogen-bond acceptors (Lipinski definition) is 2. The number of nitrogens with one attached hydrogen (secondary N) is 2. The summed E-state index contributed by atoms with van der Waals surface area (Å²) < 4.78 is 0. The van der Waals surface area contributed by atoms with Crippen LogP contribution in [0.4, 0.5) is 0 Å². The highest BCUT2D eigenvalue weighted by atomic mass is 16.1. The number of benzene rings is 1. The van der Waals surface area contributed by atoms with Crippen LogP contribution >= 0.6 is 0 Å². The topological polar surface area (TPSA) is 57.8 Å². The summed E-state index contributed by atoms with van der Waals surface area (Å²) in [5.41, 5.74) is 2.89. The second kappa shape index (κ2) is 5.79. The van der Waals surface area contributed by atoms with E-state index >= 15 is 0 Å². The van der Waals surface area contributed by atoms with Crippen LogP contribution in [-0.4, -0.2) is 15.9 Å². The largest absolute Gasteiger partial charge is 0.349 e. The quantitative estimate of drug-likeness (QED) is 0.771. The lowest BCUT2D eigenvalue weighted by Crippen LogP contribution is -2.28. The summed E-state index contributed by atoms with van der Waals surface area (Å²) in [6, 6.07) is 13.8. The van der Waals surface area contributed by atoms with Crippen LogP contribution in [0.3, 0.4) is 0 Å². The Bertz CT molecular complexity index is 749. The van der Waals surface area contributed by atoms with E-state index < -0.39 is 0 Å². The number of rotatable bonds is 4. The molecule has 1 amide bonds. The molecule has 1 aromatic carbocycles. The maximum atomic E-state index is 12.2. The predicted octanol–water partition coefficient (Wildman–Crippen LogP) is 2.98. The fourth-order valence-corrected chi connectivity index (χ4v) is 2.45. The van der Waals surface area contributed by atoms with Gasteiger partial charge in [0.05, 0.1) is 12.5 Å². The van der Waals surface area contributed by atoms with Crippen molar-refractivity contribution in [2.75, 3.05) is 0 Å². The summed E-state index contributed by atoms with van der Waals surface area (Å²) in [4.78, 5) is 19.5. The second-order valence-corrected chi connectivity index (χ2v) is 5.09. The molecule has 1 atom stereocenters. The van der Waals surface area contributed by atoms with Gasteiger partial charge in [-0.25, -0.2) is 4.98 Å². The van der Waals surface area contributed by atoms with Gasteiger partial charge in [0.2, 0.25) is 5.91 Å². The van der Waals surface area contributed by atoms with E-state index in [4.69, 9.17) is 0 Å². The highest BCUT2D eigenvalue weighted by Crippen LogP contribution is 2.17. The van der Waals surface area contributed by atoms with Crippen LogP contribution in [0.1, 0.15) is 24.1 Å². The highest BCUT2D eigenvalue weighted by Gasteiger charge is 2.12. The van der Waals surface area contributed by atoms with Crippen molar-refractivity contribution in [3.63, 3.8) is 0 Å². The summed E-state index contributed by atoms with van der Waals surface area (Å²) in [7, 11) is 0. The van der Waals surface area contributed by atoms with Gasteiger partial charge in [-0.05, 0) is 30.2 Å². The van der Waals surface area contributed by atoms with E-state index in [0.29, 0.717) is 6.42 Å². The fourth-order valence-electron chi connectivity index (χ4n) is 2.45. The Kier molecular flexibility index (Phi) is 3.69. The maximum Gasteiger partial charge on any atom is 0.224 e. The molecule has 0 saturated heterocycles. The third kappa shape index (κ3) is 2.94. The van der Waals surface area contributed by atoms with Crippen LogP contribution in [0.15, 0.2) is 54.9 Å². The SMILES string of the molecule is C[C@H](NC(=O)Cc1c[nH]c2ncccc12)c1ccccc1. The minimum atomic E-state index is 0.00188. The van der Waals surface area contributed by atoms with Crippen LogP contribution in [-0.2, 0) is 11.2 Å². The van der Waals surface area contributed by atoms with Gasteiger partial charge >= 0.3 is 0 Å². The van der Waals surface area contributed by atoms with Crippen LogP contribution in [0.5, 0.6) is 0 Å². The van der Waals surface area contributed by atoms with E-state index in [0.717, 1.165) is 22.2 Å². The number of fused-ring (bicyclic) bond motifs is 1. The molecule has 3 rings (SSSR count). The number of carbonyl (C=O) groups excluding carboxylic acids is 1. The monoisotopic (exact) mass is 279 g/mol. The van der Waals surface area contributed by atoms with E-state index in [1.165, 1.54) is 0 Å². The van der Waals surface area contributed by atoms with Gasteiger partial charge in [0.15, 0.2) is 0 Å². The first-order valence-electron chi connectivity index (χ1n) is 6.99. The fraction of sp³-hybridized carbons (Fsp3) is 0.176. The van der Waals surface area contributed by atoms with Crippen molar-refractivity contribution in [3.05, 3.63) is 66.0 Å². The Hall–Kier alpha value is -2.62. The van der Waals surface area contributed by atoms with E-state index in [9.17, 15) is 4.79 Å². The normalized spacial score (nSPS) is 12.2. The summed E-state index contributed by atoms with van der Waals surface area (Å²) in [5, 5.41) is 4.03. The minimum Gasteiger partial charge on any atom is -0.349 e. The van der Waals surface area contributed by atoms with Crippen molar-refractivity contribution in [2.24, 2.45) is 0 Å². The Morgan fingerprint density at radius 3 is 2.86 bits per heavy atom. The zero-order chi connectivity index (χ0) is 14.7. The molecule has 0 bridgehead atoms. The van der Waals surface area contributed by atoms with Gasteiger partial charge in [0.25, 0.3) is 0 Å². The first-order chi connectivity index (χ1) is 10.2. The van der Waals surface area contributed by atoms with Gasteiger partial charge in [0.1, 0.15) is 5.65 Å². The molecule has 0 fully saturated rings. The van der Waals surface area contributed by atoms with Gasteiger partial charge in [-0.2, -0.15) is 0 Å². The lowest BCUT2D eigenvalue weighted by atomic mass is 10.1. The van der Waals surface area contributed by atoms with E-state index in [1.807, 2.05) is 55.6 Å². The third-order valence-corrected chi connectivity index (χ3v) is 3.56. The molecule has 4 heteroatoms. The smallest absolute Gasteiger partial charge is 0.224 e. The molecule has 21 heavy (non-hydrogen) atoms. The number of aromatic amines is 1. The van der Waals surface area contributed by atoms with Gasteiger partial charge in [-0.1, -0.05) is 30.3 Å². The first kappa shape index (κ1) is 13.4. The lowest BCUT2D eigenvalue weighted by molar-refractivity contribution is -0.121. The summed E-state index contributed by atoms with van der Waals surface area (Å²) in [6.07, 6.45) is 3.94. The Labute approximate surface area is 123 Å². The van der Waals surface area contributed by atoms with Crippen molar-refractivity contribution in [1.29, 1.82) is 0 Å². The molecular formula is C17H17N3O. The standard InChI is InChI=1S/C17H17N3O/c1-12(13-6-3-2-4-7-13)20-16(21)10-14-11-19-17-15(14)8-5-9-18-17/h2-9,11-12H,10H2,1H3,(H,18,19)(H,20,21)/t12-/m0/s1. The van der Waals surface area contributed by atoms with Gasteiger partial charge in [-0.15, -0.1) is 0 Å². The van der Waals surface area contributed by atoms with Crippen molar-refractivity contribution >= 4 is 16.9 Å².